The molecule has 0 radical (unpaired) electrons. The summed E-state index contributed by atoms with van der Waals surface area (Å²) in [5.74, 6) is -1.06. The summed E-state index contributed by atoms with van der Waals surface area (Å²) in [6.07, 6.45) is 0. The summed E-state index contributed by atoms with van der Waals surface area (Å²) >= 11 is 3.30. The van der Waals surface area contributed by atoms with Crippen LogP contribution in [0.1, 0.15) is 15.9 Å². The van der Waals surface area contributed by atoms with Gasteiger partial charge in [-0.1, -0.05) is 22.0 Å². The van der Waals surface area contributed by atoms with E-state index in [0.29, 0.717) is 11.0 Å². The van der Waals surface area contributed by atoms with Crippen LogP contribution >= 0.6 is 15.9 Å². The molecule has 3 N–H and O–H groups in total. The largest absolute Gasteiger partial charge is 0.478 e. The smallest absolute Gasteiger partial charge is 0.335 e. The van der Waals surface area contributed by atoms with E-state index >= 15 is 0 Å². The highest BCUT2D eigenvalue weighted by molar-refractivity contribution is 9.10. The molecular formula is C11H13BrN2O3. The highest BCUT2D eigenvalue weighted by Gasteiger charge is 2.06. The van der Waals surface area contributed by atoms with Crippen molar-refractivity contribution in [1.29, 1.82) is 0 Å². The van der Waals surface area contributed by atoms with Crippen molar-refractivity contribution in [2.24, 2.45) is 0 Å². The van der Waals surface area contributed by atoms with Crippen LogP contribution in [0.15, 0.2) is 22.7 Å². The van der Waals surface area contributed by atoms with E-state index in [9.17, 15) is 9.59 Å². The fraction of sp³-hybridized carbons (Fsp3) is 0.273. The summed E-state index contributed by atoms with van der Waals surface area (Å²) in [7, 11) is 1.57. The molecule has 0 unspecified atom stereocenters. The van der Waals surface area contributed by atoms with Gasteiger partial charge in [-0.3, -0.25) is 4.79 Å². The third kappa shape index (κ3) is 4.16. The lowest BCUT2D eigenvalue weighted by Crippen LogP contribution is -2.31. The Bertz CT molecular complexity index is 435. The lowest BCUT2D eigenvalue weighted by atomic mass is 10.1. The molecule has 0 aliphatic heterocycles. The number of carbonyl (C=O) groups is 2. The lowest BCUT2D eigenvalue weighted by Gasteiger charge is -2.07. The fourth-order valence-corrected chi connectivity index (χ4v) is 1.74. The van der Waals surface area contributed by atoms with Crippen molar-refractivity contribution < 1.29 is 14.7 Å². The molecule has 0 bridgehead atoms. The first-order chi connectivity index (χ1) is 8.04. The minimum Gasteiger partial charge on any atom is -0.478 e. The van der Waals surface area contributed by atoms with E-state index < -0.39 is 5.97 Å². The molecule has 1 rings (SSSR count). The molecule has 0 aromatic heterocycles. The lowest BCUT2D eigenvalue weighted by molar-refractivity contribution is -0.119. The summed E-state index contributed by atoms with van der Waals surface area (Å²) < 4.78 is 0.710. The molecule has 0 saturated carbocycles. The first kappa shape index (κ1) is 13.7. The molecule has 0 aliphatic carbocycles. The molecule has 92 valence electrons. The Morgan fingerprint density at radius 1 is 1.41 bits per heavy atom. The number of likely N-dealkylation sites (N-methyl/N-ethyl adjacent to an activating group) is 1. The second-order valence-electron chi connectivity index (χ2n) is 3.39. The van der Waals surface area contributed by atoms with E-state index in [1.807, 2.05) is 0 Å². The normalized spacial score (nSPS) is 10.0. The molecule has 0 heterocycles. The number of benzene rings is 1. The van der Waals surface area contributed by atoms with Crippen molar-refractivity contribution in [3.8, 4) is 0 Å². The van der Waals surface area contributed by atoms with E-state index in [4.69, 9.17) is 5.11 Å². The van der Waals surface area contributed by atoms with Crippen LogP contribution in [0.4, 0.5) is 0 Å². The number of hydrogen-bond acceptors (Lipinski definition) is 3. The molecule has 5 nitrogen and oxygen atoms in total. The zero-order valence-electron chi connectivity index (χ0n) is 9.29. The Hall–Kier alpha value is -1.40. The Kier molecular flexibility index (Phi) is 5.11. The van der Waals surface area contributed by atoms with Gasteiger partial charge < -0.3 is 15.7 Å². The molecule has 0 atom stereocenters. The Morgan fingerprint density at radius 2 is 2.12 bits per heavy atom. The van der Waals surface area contributed by atoms with Crippen molar-refractivity contribution in [3.63, 3.8) is 0 Å². The van der Waals surface area contributed by atoms with E-state index in [1.165, 1.54) is 6.07 Å². The molecule has 1 amide bonds. The van der Waals surface area contributed by atoms with Crippen LogP contribution in [-0.2, 0) is 11.3 Å². The molecule has 1 aromatic carbocycles. The fourth-order valence-electron chi connectivity index (χ4n) is 1.22. The van der Waals surface area contributed by atoms with Gasteiger partial charge in [0.2, 0.25) is 5.91 Å². The van der Waals surface area contributed by atoms with Crippen LogP contribution in [0.25, 0.3) is 0 Å². The topological polar surface area (TPSA) is 78.4 Å². The standard InChI is InChI=1S/C11H13BrN2O3/c1-13-10(15)6-14-5-8-3-2-7(11(16)17)4-9(8)12/h2-4,14H,5-6H2,1H3,(H,13,15)(H,16,17). The third-order valence-electron chi connectivity index (χ3n) is 2.18. The number of hydrogen-bond donors (Lipinski definition) is 3. The number of nitrogens with one attached hydrogen (secondary N) is 2. The van der Waals surface area contributed by atoms with Crippen LogP contribution in [0.2, 0.25) is 0 Å². The quantitative estimate of drug-likeness (QED) is 0.757. The van der Waals surface area contributed by atoms with Crippen LogP contribution in [0.5, 0.6) is 0 Å². The van der Waals surface area contributed by atoms with Crippen molar-refractivity contribution in [1.82, 2.24) is 10.6 Å². The number of carboxylic acid groups (broad SMARTS) is 1. The average molecular weight is 301 g/mol. The monoisotopic (exact) mass is 300 g/mol. The zero-order chi connectivity index (χ0) is 12.8. The predicted molar refractivity (Wildman–Crippen MR) is 66.9 cm³/mol. The summed E-state index contributed by atoms with van der Waals surface area (Å²) in [4.78, 5) is 21.7. The summed E-state index contributed by atoms with van der Waals surface area (Å²) in [6, 6.07) is 4.79. The highest BCUT2D eigenvalue weighted by Crippen LogP contribution is 2.18. The minimum absolute atomic E-state index is 0.0942. The van der Waals surface area contributed by atoms with Gasteiger partial charge in [-0.05, 0) is 17.7 Å². The molecule has 1 aromatic rings. The zero-order valence-corrected chi connectivity index (χ0v) is 10.9. The van der Waals surface area contributed by atoms with Crippen LogP contribution in [0.3, 0.4) is 0 Å². The first-order valence-corrected chi connectivity index (χ1v) is 5.77. The van der Waals surface area contributed by atoms with Crippen LogP contribution in [-0.4, -0.2) is 30.6 Å². The Morgan fingerprint density at radius 3 is 2.65 bits per heavy atom. The van der Waals surface area contributed by atoms with E-state index in [-0.39, 0.29) is 18.0 Å². The van der Waals surface area contributed by atoms with Gasteiger partial charge in [0, 0.05) is 18.1 Å². The molecule has 0 spiro atoms. The SMILES string of the molecule is CNC(=O)CNCc1ccc(C(=O)O)cc1Br. The average Bonchev–Trinajstić information content (AvgIpc) is 2.30. The van der Waals surface area contributed by atoms with Gasteiger partial charge in [0.25, 0.3) is 0 Å². The molecule has 0 aliphatic rings. The number of carbonyl (C=O) groups excluding carboxylic acids is 1. The van der Waals surface area contributed by atoms with Crippen molar-refractivity contribution in [2.75, 3.05) is 13.6 Å². The van der Waals surface area contributed by atoms with Gasteiger partial charge in [0.1, 0.15) is 0 Å². The van der Waals surface area contributed by atoms with Gasteiger partial charge in [0.05, 0.1) is 12.1 Å². The second kappa shape index (κ2) is 6.36. The maximum atomic E-state index is 11.0. The molecule has 17 heavy (non-hydrogen) atoms. The minimum atomic E-state index is -0.962. The first-order valence-electron chi connectivity index (χ1n) is 4.97. The van der Waals surface area contributed by atoms with Gasteiger partial charge in [-0.15, -0.1) is 0 Å². The molecule has 0 saturated heterocycles. The number of aromatic carboxylic acids is 1. The van der Waals surface area contributed by atoms with Crippen molar-refractivity contribution >= 4 is 27.8 Å². The second-order valence-corrected chi connectivity index (χ2v) is 4.24. The predicted octanol–water partition coefficient (Wildman–Crippen LogP) is 0.983. The van der Waals surface area contributed by atoms with Gasteiger partial charge >= 0.3 is 5.97 Å². The molecular weight excluding hydrogens is 288 g/mol. The van der Waals surface area contributed by atoms with Gasteiger partial charge in [-0.2, -0.15) is 0 Å². The molecule has 0 fully saturated rings. The van der Waals surface area contributed by atoms with Gasteiger partial charge in [0.15, 0.2) is 0 Å². The summed E-state index contributed by atoms with van der Waals surface area (Å²) in [6.45, 7) is 0.720. The van der Waals surface area contributed by atoms with Crippen molar-refractivity contribution in [2.45, 2.75) is 6.54 Å². The summed E-state index contributed by atoms with van der Waals surface area (Å²) in [5.41, 5.74) is 1.13. The third-order valence-corrected chi connectivity index (χ3v) is 2.92. The van der Waals surface area contributed by atoms with E-state index in [2.05, 4.69) is 26.6 Å². The van der Waals surface area contributed by atoms with E-state index in [1.54, 1.807) is 19.2 Å². The summed E-state index contributed by atoms with van der Waals surface area (Å²) in [5, 5.41) is 14.2. The number of carboxylic acids is 1. The van der Waals surface area contributed by atoms with Gasteiger partial charge in [-0.25, -0.2) is 4.79 Å². The van der Waals surface area contributed by atoms with Crippen molar-refractivity contribution in [3.05, 3.63) is 33.8 Å². The number of rotatable bonds is 5. The number of halogens is 1. The Balaban J connectivity index is 2.60. The molecule has 6 heteroatoms. The number of amides is 1. The van der Waals surface area contributed by atoms with Crippen LogP contribution in [0, 0.1) is 0 Å². The van der Waals surface area contributed by atoms with Crippen LogP contribution < -0.4 is 10.6 Å². The maximum Gasteiger partial charge on any atom is 0.335 e. The van der Waals surface area contributed by atoms with E-state index in [0.717, 1.165) is 5.56 Å². The Labute approximate surface area is 107 Å². The maximum absolute atomic E-state index is 11.0. The highest BCUT2D eigenvalue weighted by atomic mass is 79.9.